The molecule has 1 heterocycles. The standard InChI is InChI=1S/C17H17N3/c1-11(12-7-3-2-4-8-12)17-16(19)15(18)13-9-5-6-10-14(13)20-17/h2-11H,19H2,1H3,(H2,18,20)/t11-/m1/s1. The minimum atomic E-state index is 0.114. The molecule has 0 bridgehead atoms. The topological polar surface area (TPSA) is 64.9 Å². The van der Waals surface area contributed by atoms with E-state index in [1.54, 1.807) is 0 Å². The summed E-state index contributed by atoms with van der Waals surface area (Å²) in [6.07, 6.45) is 0. The second-order valence-electron chi connectivity index (χ2n) is 4.97. The van der Waals surface area contributed by atoms with Gasteiger partial charge in [-0.05, 0) is 11.6 Å². The molecule has 0 saturated heterocycles. The average molecular weight is 263 g/mol. The summed E-state index contributed by atoms with van der Waals surface area (Å²) in [6.45, 7) is 2.10. The maximum absolute atomic E-state index is 6.20. The van der Waals surface area contributed by atoms with Crippen LogP contribution in [-0.2, 0) is 0 Å². The van der Waals surface area contributed by atoms with Crippen molar-refractivity contribution in [2.75, 3.05) is 11.5 Å². The first-order valence-corrected chi connectivity index (χ1v) is 6.67. The van der Waals surface area contributed by atoms with E-state index in [1.165, 1.54) is 5.56 Å². The summed E-state index contributed by atoms with van der Waals surface area (Å²) in [5.74, 6) is 0.114. The molecule has 3 aromatic rings. The summed E-state index contributed by atoms with van der Waals surface area (Å²) in [7, 11) is 0. The molecule has 0 amide bonds. The number of pyridine rings is 1. The molecular formula is C17H17N3. The zero-order valence-electron chi connectivity index (χ0n) is 11.4. The minimum Gasteiger partial charge on any atom is -0.396 e. The van der Waals surface area contributed by atoms with E-state index in [2.05, 4.69) is 19.1 Å². The van der Waals surface area contributed by atoms with E-state index < -0.39 is 0 Å². The Balaban J connectivity index is 2.19. The molecule has 0 radical (unpaired) electrons. The third-order valence-electron chi connectivity index (χ3n) is 3.71. The summed E-state index contributed by atoms with van der Waals surface area (Å²) in [6, 6.07) is 18.0. The molecule has 0 aliphatic heterocycles. The van der Waals surface area contributed by atoms with Crippen LogP contribution < -0.4 is 11.5 Å². The summed E-state index contributed by atoms with van der Waals surface area (Å²) >= 11 is 0. The molecule has 0 fully saturated rings. The van der Waals surface area contributed by atoms with Crippen LogP contribution in [0.1, 0.15) is 24.1 Å². The Morgan fingerprint density at radius 3 is 2.25 bits per heavy atom. The number of fused-ring (bicyclic) bond motifs is 1. The first kappa shape index (κ1) is 12.5. The van der Waals surface area contributed by atoms with Crippen molar-refractivity contribution >= 4 is 22.3 Å². The van der Waals surface area contributed by atoms with Crippen LogP contribution in [-0.4, -0.2) is 4.98 Å². The van der Waals surface area contributed by atoms with Gasteiger partial charge in [0, 0.05) is 11.3 Å². The molecular weight excluding hydrogens is 246 g/mol. The number of anilines is 2. The molecule has 3 rings (SSSR count). The van der Waals surface area contributed by atoms with Gasteiger partial charge in [0.2, 0.25) is 0 Å². The highest BCUT2D eigenvalue weighted by atomic mass is 14.8. The lowest BCUT2D eigenvalue weighted by molar-refractivity contribution is 0.885. The molecule has 0 saturated carbocycles. The highest BCUT2D eigenvalue weighted by molar-refractivity contribution is 5.96. The third kappa shape index (κ3) is 1.97. The number of nitrogens with two attached hydrogens (primary N) is 2. The molecule has 1 aromatic heterocycles. The molecule has 100 valence electrons. The van der Waals surface area contributed by atoms with Gasteiger partial charge in [-0.15, -0.1) is 0 Å². The van der Waals surface area contributed by atoms with Gasteiger partial charge in [0.25, 0.3) is 0 Å². The second kappa shape index (κ2) is 4.85. The normalized spacial score (nSPS) is 12.4. The number of rotatable bonds is 2. The van der Waals surface area contributed by atoms with Crippen molar-refractivity contribution in [3.63, 3.8) is 0 Å². The van der Waals surface area contributed by atoms with E-state index in [0.29, 0.717) is 11.4 Å². The van der Waals surface area contributed by atoms with Gasteiger partial charge in [-0.2, -0.15) is 0 Å². The Labute approximate surface area is 118 Å². The first-order chi connectivity index (χ1) is 9.68. The monoisotopic (exact) mass is 263 g/mol. The number of benzene rings is 2. The number of nitrogen functional groups attached to an aromatic ring is 2. The number of aromatic nitrogens is 1. The zero-order chi connectivity index (χ0) is 14.1. The van der Waals surface area contributed by atoms with E-state index in [1.807, 2.05) is 42.5 Å². The lowest BCUT2D eigenvalue weighted by atomic mass is 9.95. The van der Waals surface area contributed by atoms with Gasteiger partial charge in [0.05, 0.1) is 22.6 Å². The maximum Gasteiger partial charge on any atom is 0.0779 e. The number of nitrogens with zero attached hydrogens (tertiary/aromatic N) is 1. The Morgan fingerprint density at radius 2 is 1.50 bits per heavy atom. The minimum absolute atomic E-state index is 0.114. The SMILES string of the molecule is C[C@H](c1ccccc1)c1nc2ccccc2c(N)c1N. The molecule has 0 aliphatic rings. The molecule has 3 heteroatoms. The fourth-order valence-electron chi connectivity index (χ4n) is 2.50. The van der Waals surface area contributed by atoms with Gasteiger partial charge >= 0.3 is 0 Å². The van der Waals surface area contributed by atoms with E-state index in [4.69, 9.17) is 16.5 Å². The van der Waals surface area contributed by atoms with Crippen molar-refractivity contribution < 1.29 is 0 Å². The Morgan fingerprint density at radius 1 is 0.850 bits per heavy atom. The molecule has 3 nitrogen and oxygen atoms in total. The van der Waals surface area contributed by atoms with E-state index >= 15 is 0 Å². The van der Waals surface area contributed by atoms with Gasteiger partial charge in [-0.3, -0.25) is 0 Å². The Kier molecular flexibility index (Phi) is 3.03. The quantitative estimate of drug-likeness (QED) is 0.743. The van der Waals surface area contributed by atoms with Crippen LogP contribution in [0.2, 0.25) is 0 Å². The molecule has 0 unspecified atom stereocenters. The van der Waals surface area contributed by atoms with Crippen LogP contribution in [0.25, 0.3) is 10.9 Å². The molecule has 1 atom stereocenters. The number of para-hydroxylation sites is 1. The smallest absolute Gasteiger partial charge is 0.0779 e. The fraction of sp³-hybridized carbons (Fsp3) is 0.118. The van der Waals surface area contributed by atoms with Crippen LogP contribution in [0.5, 0.6) is 0 Å². The molecule has 20 heavy (non-hydrogen) atoms. The van der Waals surface area contributed by atoms with Crippen molar-refractivity contribution in [3.05, 3.63) is 65.9 Å². The van der Waals surface area contributed by atoms with Crippen molar-refractivity contribution in [1.82, 2.24) is 4.98 Å². The van der Waals surface area contributed by atoms with Gasteiger partial charge in [0.1, 0.15) is 0 Å². The predicted octanol–water partition coefficient (Wildman–Crippen LogP) is 3.55. The summed E-state index contributed by atoms with van der Waals surface area (Å²) in [5.41, 5.74) is 16.5. The molecule has 4 N–H and O–H groups in total. The number of hydrogen-bond donors (Lipinski definition) is 2. The second-order valence-corrected chi connectivity index (χ2v) is 4.97. The molecule has 2 aromatic carbocycles. The number of hydrogen-bond acceptors (Lipinski definition) is 3. The largest absolute Gasteiger partial charge is 0.396 e. The van der Waals surface area contributed by atoms with Crippen LogP contribution in [0.3, 0.4) is 0 Å². The first-order valence-electron chi connectivity index (χ1n) is 6.67. The van der Waals surface area contributed by atoms with Crippen molar-refractivity contribution in [1.29, 1.82) is 0 Å². The lowest BCUT2D eigenvalue weighted by Gasteiger charge is -2.17. The highest BCUT2D eigenvalue weighted by Crippen LogP contribution is 2.34. The lowest BCUT2D eigenvalue weighted by Crippen LogP contribution is -2.07. The van der Waals surface area contributed by atoms with Gasteiger partial charge in [0.15, 0.2) is 0 Å². The predicted molar refractivity (Wildman–Crippen MR) is 84.5 cm³/mol. The van der Waals surface area contributed by atoms with Gasteiger partial charge in [-0.1, -0.05) is 55.5 Å². The van der Waals surface area contributed by atoms with Crippen LogP contribution >= 0.6 is 0 Å². The maximum atomic E-state index is 6.20. The van der Waals surface area contributed by atoms with E-state index in [0.717, 1.165) is 16.6 Å². The highest BCUT2D eigenvalue weighted by Gasteiger charge is 2.17. The van der Waals surface area contributed by atoms with E-state index in [-0.39, 0.29) is 5.92 Å². The van der Waals surface area contributed by atoms with Crippen LogP contribution in [0, 0.1) is 0 Å². The summed E-state index contributed by atoms with van der Waals surface area (Å²) in [4.78, 5) is 4.71. The Hall–Kier alpha value is -2.55. The van der Waals surface area contributed by atoms with Gasteiger partial charge < -0.3 is 11.5 Å². The summed E-state index contributed by atoms with van der Waals surface area (Å²) in [5, 5.41) is 0.911. The van der Waals surface area contributed by atoms with Crippen LogP contribution in [0.15, 0.2) is 54.6 Å². The third-order valence-corrected chi connectivity index (χ3v) is 3.71. The molecule has 0 spiro atoms. The van der Waals surface area contributed by atoms with Crippen LogP contribution in [0.4, 0.5) is 11.4 Å². The fourth-order valence-corrected chi connectivity index (χ4v) is 2.50. The van der Waals surface area contributed by atoms with Crippen molar-refractivity contribution in [3.8, 4) is 0 Å². The van der Waals surface area contributed by atoms with Crippen molar-refractivity contribution in [2.24, 2.45) is 0 Å². The van der Waals surface area contributed by atoms with Gasteiger partial charge in [-0.25, -0.2) is 4.98 Å². The zero-order valence-corrected chi connectivity index (χ0v) is 11.4. The summed E-state index contributed by atoms with van der Waals surface area (Å²) < 4.78 is 0. The van der Waals surface area contributed by atoms with E-state index in [9.17, 15) is 0 Å². The average Bonchev–Trinajstić information content (AvgIpc) is 2.51. The Bertz CT molecular complexity index is 751. The molecule has 0 aliphatic carbocycles. The van der Waals surface area contributed by atoms with Crippen molar-refractivity contribution in [2.45, 2.75) is 12.8 Å².